The fourth-order valence-electron chi connectivity index (χ4n) is 6.48. The van der Waals surface area contributed by atoms with Gasteiger partial charge in [0.15, 0.2) is 0 Å². The van der Waals surface area contributed by atoms with Crippen LogP contribution in [-0.2, 0) is 4.79 Å². The average molecular weight is 537 g/mol. The van der Waals surface area contributed by atoms with Gasteiger partial charge in [0, 0.05) is 17.9 Å². The molecule has 7 heteroatoms. The van der Waals surface area contributed by atoms with Crippen LogP contribution in [0, 0.1) is 24.1 Å². The summed E-state index contributed by atoms with van der Waals surface area (Å²) in [5.41, 5.74) is 10.4. The number of aliphatic hydroxyl groups is 1. The first-order valence-electron chi connectivity index (χ1n) is 14.7. The molecular weight excluding hydrogens is 491 g/mol. The Hall–Kier alpha value is -2.93. The number of benzene rings is 1. The van der Waals surface area contributed by atoms with Gasteiger partial charge in [-0.3, -0.25) is 10.2 Å². The third-order valence-corrected chi connectivity index (χ3v) is 8.72. The van der Waals surface area contributed by atoms with Gasteiger partial charge in [-0.15, -0.1) is 0 Å². The van der Waals surface area contributed by atoms with Gasteiger partial charge in [0.2, 0.25) is 0 Å². The zero-order valence-electron chi connectivity index (χ0n) is 23.3. The fourth-order valence-corrected chi connectivity index (χ4v) is 6.48. The summed E-state index contributed by atoms with van der Waals surface area (Å²) in [6.45, 7) is 2.09. The smallest absolute Gasteiger partial charge is 0.257 e. The molecule has 1 aromatic rings. The second-order valence-electron chi connectivity index (χ2n) is 11.7. The minimum atomic E-state index is -0.311. The largest absolute Gasteiger partial charge is 0.393 e. The molecule has 1 heterocycles. The molecule has 212 valence electrons. The molecule has 1 aromatic carbocycles. The summed E-state index contributed by atoms with van der Waals surface area (Å²) in [5.74, 6) is 0.349. The summed E-state index contributed by atoms with van der Waals surface area (Å²) < 4.78 is 13.9. The van der Waals surface area contributed by atoms with Crippen molar-refractivity contribution in [1.29, 1.82) is 5.41 Å². The van der Waals surface area contributed by atoms with Crippen LogP contribution in [0.5, 0.6) is 0 Å². The highest BCUT2D eigenvalue weighted by molar-refractivity contribution is 6.19. The van der Waals surface area contributed by atoms with Crippen LogP contribution in [0.15, 0.2) is 53.4 Å². The van der Waals surface area contributed by atoms with E-state index in [9.17, 15) is 14.3 Å². The number of hydrogen-bond donors (Lipinski definition) is 5. The van der Waals surface area contributed by atoms with E-state index in [1.165, 1.54) is 23.1 Å². The van der Waals surface area contributed by atoms with E-state index in [4.69, 9.17) is 11.1 Å². The van der Waals surface area contributed by atoms with Crippen molar-refractivity contribution in [2.45, 2.75) is 108 Å². The third-order valence-electron chi connectivity index (χ3n) is 8.72. The van der Waals surface area contributed by atoms with Gasteiger partial charge in [-0.25, -0.2) is 4.39 Å². The van der Waals surface area contributed by atoms with Crippen LogP contribution >= 0.6 is 0 Å². The Kier molecular flexibility index (Phi) is 10.4. The number of carbonyl (C=O) groups is 1. The standard InChI is InChI=1S/C32H45FN4O2/c1-21-9-12-25(33)20-28(21)24-7-4-6-22(10-11-24)19-23-5-2-3-8-29(36-18-17-23)30(31(34)35)32(39)37-26-13-15-27(38)16-14-26/h5,9,12,17-18,20,22,24,26-27,36,38H,2-4,6-8,10-11,13-16,19H2,1H3,(H3,34,35)(H,37,39). The number of aliphatic hydroxyl groups excluding tert-OH is 1. The lowest BCUT2D eigenvalue weighted by Gasteiger charge is -2.27. The lowest BCUT2D eigenvalue weighted by atomic mass is 9.87. The van der Waals surface area contributed by atoms with Crippen molar-refractivity contribution >= 4 is 11.7 Å². The molecule has 2 saturated carbocycles. The summed E-state index contributed by atoms with van der Waals surface area (Å²) in [6.07, 6.45) is 17.9. The average Bonchev–Trinajstić information content (AvgIpc) is 3.06. The first-order chi connectivity index (χ1) is 18.8. The monoisotopic (exact) mass is 536 g/mol. The predicted molar refractivity (Wildman–Crippen MR) is 155 cm³/mol. The minimum absolute atomic E-state index is 0.00000305. The van der Waals surface area contributed by atoms with Crippen molar-refractivity contribution in [3.05, 3.63) is 70.3 Å². The van der Waals surface area contributed by atoms with E-state index in [0.29, 0.717) is 36.8 Å². The van der Waals surface area contributed by atoms with E-state index in [1.807, 2.05) is 12.3 Å². The van der Waals surface area contributed by atoms with Crippen molar-refractivity contribution in [3.8, 4) is 0 Å². The highest BCUT2D eigenvalue weighted by Gasteiger charge is 2.25. The van der Waals surface area contributed by atoms with Gasteiger partial charge in [0.05, 0.1) is 6.10 Å². The summed E-state index contributed by atoms with van der Waals surface area (Å²) in [4.78, 5) is 13.1. The fraction of sp³-hybridized carbons (Fsp3) is 0.562. The van der Waals surface area contributed by atoms with Crippen LogP contribution in [0.25, 0.3) is 0 Å². The Labute approximate surface area is 232 Å². The number of amides is 1. The van der Waals surface area contributed by atoms with Crippen molar-refractivity contribution in [2.75, 3.05) is 0 Å². The maximum Gasteiger partial charge on any atom is 0.257 e. The van der Waals surface area contributed by atoms with Gasteiger partial charge in [0.1, 0.15) is 17.2 Å². The highest BCUT2D eigenvalue weighted by Crippen LogP contribution is 2.38. The van der Waals surface area contributed by atoms with E-state index >= 15 is 0 Å². The van der Waals surface area contributed by atoms with E-state index < -0.39 is 0 Å². The third kappa shape index (κ3) is 8.28. The SMILES string of the molecule is Cc1ccc(F)cc1C1CCCC(CC2=CCCCC(=C(C(=N)N)C(=O)NC3CCC(O)CC3)NC=C2)CC1. The van der Waals surface area contributed by atoms with E-state index in [-0.39, 0.29) is 35.3 Å². The van der Waals surface area contributed by atoms with Crippen molar-refractivity contribution in [1.82, 2.24) is 10.6 Å². The van der Waals surface area contributed by atoms with Crippen LogP contribution in [0.1, 0.15) is 101 Å². The summed E-state index contributed by atoms with van der Waals surface area (Å²) in [7, 11) is 0. The second kappa shape index (κ2) is 13.9. The van der Waals surface area contributed by atoms with Gasteiger partial charge in [-0.05, 0) is 119 Å². The molecule has 1 aliphatic heterocycles. The normalized spacial score (nSPS) is 27.6. The first kappa shape index (κ1) is 29.1. The van der Waals surface area contributed by atoms with Crippen LogP contribution in [0.4, 0.5) is 4.39 Å². The zero-order valence-corrected chi connectivity index (χ0v) is 23.3. The molecule has 2 aliphatic carbocycles. The van der Waals surface area contributed by atoms with E-state index in [1.54, 1.807) is 12.1 Å². The van der Waals surface area contributed by atoms with Gasteiger partial charge in [-0.1, -0.05) is 30.6 Å². The molecular formula is C32H45FN4O2. The molecule has 1 amide bonds. The predicted octanol–water partition coefficient (Wildman–Crippen LogP) is 6.01. The molecule has 6 nitrogen and oxygen atoms in total. The molecule has 0 radical (unpaired) electrons. The van der Waals surface area contributed by atoms with Crippen molar-refractivity contribution < 1.29 is 14.3 Å². The van der Waals surface area contributed by atoms with E-state index in [0.717, 1.165) is 57.8 Å². The molecule has 3 aliphatic rings. The second-order valence-corrected chi connectivity index (χ2v) is 11.7. The summed E-state index contributed by atoms with van der Waals surface area (Å²) in [6, 6.07) is 5.19. The van der Waals surface area contributed by atoms with Crippen LogP contribution in [0.2, 0.25) is 0 Å². The number of halogens is 1. The maximum atomic E-state index is 13.9. The van der Waals surface area contributed by atoms with E-state index in [2.05, 4.69) is 29.7 Å². The number of amidine groups is 1. The van der Waals surface area contributed by atoms with Crippen molar-refractivity contribution in [3.63, 3.8) is 0 Å². The summed E-state index contributed by atoms with van der Waals surface area (Å²) >= 11 is 0. The first-order valence-corrected chi connectivity index (χ1v) is 14.7. The lowest BCUT2D eigenvalue weighted by Crippen LogP contribution is -2.42. The lowest BCUT2D eigenvalue weighted by molar-refractivity contribution is -0.118. The Balaban J connectivity index is 1.37. The number of rotatable bonds is 6. The number of aryl methyl sites for hydroxylation is 1. The number of nitrogens with two attached hydrogens (primary N) is 1. The van der Waals surface area contributed by atoms with Gasteiger partial charge < -0.3 is 21.5 Å². The molecule has 2 fully saturated rings. The topological polar surface area (TPSA) is 111 Å². The molecule has 0 spiro atoms. The Morgan fingerprint density at radius 3 is 2.69 bits per heavy atom. The Morgan fingerprint density at radius 1 is 1.13 bits per heavy atom. The molecule has 2 unspecified atom stereocenters. The number of allylic oxidation sites excluding steroid dienone is 4. The zero-order chi connectivity index (χ0) is 27.8. The molecule has 4 rings (SSSR count). The minimum Gasteiger partial charge on any atom is -0.393 e. The summed E-state index contributed by atoms with van der Waals surface area (Å²) in [5, 5.41) is 24.2. The number of carbonyl (C=O) groups excluding carboxylic acids is 1. The van der Waals surface area contributed by atoms with Crippen LogP contribution in [0.3, 0.4) is 0 Å². The molecule has 6 N–H and O–H groups in total. The van der Waals surface area contributed by atoms with Gasteiger partial charge in [0.25, 0.3) is 5.91 Å². The number of nitrogens with one attached hydrogen (secondary N) is 3. The Morgan fingerprint density at radius 2 is 1.92 bits per heavy atom. The van der Waals surface area contributed by atoms with Gasteiger partial charge in [-0.2, -0.15) is 0 Å². The van der Waals surface area contributed by atoms with Gasteiger partial charge >= 0.3 is 0 Å². The quantitative estimate of drug-likeness (QED) is 0.133. The van der Waals surface area contributed by atoms with Crippen molar-refractivity contribution in [2.24, 2.45) is 11.7 Å². The Bertz CT molecular complexity index is 1120. The molecule has 2 atom stereocenters. The van der Waals surface area contributed by atoms with Crippen LogP contribution in [-0.4, -0.2) is 29.0 Å². The molecule has 0 saturated heterocycles. The molecule has 39 heavy (non-hydrogen) atoms. The molecule has 0 aromatic heterocycles. The molecule has 0 bridgehead atoms. The maximum absolute atomic E-state index is 13.9. The highest BCUT2D eigenvalue weighted by atomic mass is 19.1. The number of hydrogen-bond acceptors (Lipinski definition) is 4. The van der Waals surface area contributed by atoms with Crippen LogP contribution < -0.4 is 16.4 Å².